The molecule has 0 aliphatic heterocycles. The number of hydrogen-bond acceptors (Lipinski definition) is 3. The van der Waals surface area contributed by atoms with E-state index in [1.54, 1.807) is 13.8 Å². The molecule has 1 unspecified atom stereocenters. The molecule has 0 radical (unpaired) electrons. The normalized spacial score (nSPS) is 13.3. The minimum Gasteiger partial charge on any atom is -0.353 e. The Kier molecular flexibility index (Phi) is 5.02. The van der Waals surface area contributed by atoms with E-state index in [1.165, 1.54) is 19.1 Å². The van der Waals surface area contributed by atoms with Crippen LogP contribution in [0.1, 0.15) is 20.8 Å². The van der Waals surface area contributed by atoms with Gasteiger partial charge in [-0.15, -0.1) is 0 Å². The highest BCUT2D eigenvalue weighted by Gasteiger charge is 2.22. The predicted octanol–water partition coefficient (Wildman–Crippen LogP) is 1.02. The molecule has 1 rings (SSSR count). The van der Waals surface area contributed by atoms with Crippen molar-refractivity contribution in [3.05, 3.63) is 30.1 Å². The maximum atomic E-state index is 13.0. The second-order valence-corrected chi connectivity index (χ2v) is 6.18. The first-order chi connectivity index (χ1) is 8.72. The van der Waals surface area contributed by atoms with E-state index in [0.717, 1.165) is 12.1 Å². The second-order valence-electron chi connectivity index (χ2n) is 4.46. The van der Waals surface area contributed by atoms with Gasteiger partial charge in [-0.25, -0.2) is 12.8 Å². The highest BCUT2D eigenvalue weighted by molar-refractivity contribution is 7.89. The van der Waals surface area contributed by atoms with Crippen LogP contribution in [0.25, 0.3) is 0 Å². The van der Waals surface area contributed by atoms with Crippen LogP contribution in [0, 0.1) is 5.82 Å². The van der Waals surface area contributed by atoms with E-state index in [4.69, 9.17) is 0 Å². The summed E-state index contributed by atoms with van der Waals surface area (Å²) in [7, 11) is -3.91. The molecule has 2 N–H and O–H groups in total. The summed E-state index contributed by atoms with van der Waals surface area (Å²) in [6.07, 6.45) is 0. The van der Waals surface area contributed by atoms with Crippen molar-refractivity contribution in [2.75, 3.05) is 0 Å². The summed E-state index contributed by atoms with van der Waals surface area (Å²) in [6.45, 7) is 4.96. The van der Waals surface area contributed by atoms with Gasteiger partial charge in [0.2, 0.25) is 15.9 Å². The Morgan fingerprint density at radius 2 is 1.89 bits per heavy atom. The van der Waals surface area contributed by atoms with Gasteiger partial charge >= 0.3 is 0 Å². The standard InChI is InChI=1S/C12H17FN2O3S/c1-8(2)14-12(16)9(3)15-19(17,18)11-6-4-5-10(13)7-11/h4-9,15H,1-3H3,(H,14,16). The molecule has 0 aromatic heterocycles. The van der Waals surface area contributed by atoms with Gasteiger partial charge in [0.05, 0.1) is 10.9 Å². The number of amides is 1. The van der Waals surface area contributed by atoms with Crippen molar-refractivity contribution in [2.45, 2.75) is 37.8 Å². The number of sulfonamides is 1. The van der Waals surface area contributed by atoms with Crippen molar-refractivity contribution in [2.24, 2.45) is 0 Å². The molecule has 0 bridgehead atoms. The molecule has 7 heteroatoms. The Morgan fingerprint density at radius 3 is 2.42 bits per heavy atom. The summed E-state index contributed by atoms with van der Waals surface area (Å²) in [5, 5.41) is 2.59. The van der Waals surface area contributed by atoms with E-state index in [1.807, 2.05) is 0 Å². The Balaban J connectivity index is 2.83. The average Bonchev–Trinajstić information content (AvgIpc) is 2.27. The summed E-state index contributed by atoms with van der Waals surface area (Å²) >= 11 is 0. The molecule has 19 heavy (non-hydrogen) atoms. The van der Waals surface area contributed by atoms with Crippen molar-refractivity contribution in [3.63, 3.8) is 0 Å². The van der Waals surface area contributed by atoms with Crippen molar-refractivity contribution in [1.29, 1.82) is 0 Å². The van der Waals surface area contributed by atoms with Crippen molar-refractivity contribution < 1.29 is 17.6 Å². The van der Waals surface area contributed by atoms with E-state index >= 15 is 0 Å². The summed E-state index contributed by atoms with van der Waals surface area (Å²) < 4.78 is 39.0. The number of carbonyl (C=O) groups is 1. The van der Waals surface area contributed by atoms with Gasteiger partial charge in [0.1, 0.15) is 5.82 Å². The van der Waals surface area contributed by atoms with E-state index < -0.39 is 27.8 Å². The smallest absolute Gasteiger partial charge is 0.241 e. The Bertz CT molecular complexity index is 558. The molecule has 0 spiro atoms. The third-order valence-corrected chi connectivity index (χ3v) is 3.80. The third kappa shape index (κ3) is 4.60. The first-order valence-electron chi connectivity index (χ1n) is 5.80. The molecule has 0 fully saturated rings. The van der Waals surface area contributed by atoms with E-state index in [9.17, 15) is 17.6 Å². The molecule has 0 saturated heterocycles. The van der Waals surface area contributed by atoms with Crippen molar-refractivity contribution >= 4 is 15.9 Å². The van der Waals surface area contributed by atoms with Gasteiger partial charge in [0.25, 0.3) is 0 Å². The number of nitrogens with one attached hydrogen (secondary N) is 2. The van der Waals surface area contributed by atoms with Gasteiger partial charge in [-0.3, -0.25) is 4.79 Å². The Hall–Kier alpha value is -1.47. The summed E-state index contributed by atoms with van der Waals surface area (Å²) in [4.78, 5) is 11.4. The second kappa shape index (κ2) is 6.12. The summed E-state index contributed by atoms with van der Waals surface area (Å²) in [5.41, 5.74) is 0. The fourth-order valence-electron chi connectivity index (χ4n) is 1.40. The topological polar surface area (TPSA) is 75.3 Å². The molecule has 106 valence electrons. The lowest BCUT2D eigenvalue weighted by molar-refractivity contribution is -0.122. The molecule has 5 nitrogen and oxygen atoms in total. The average molecular weight is 288 g/mol. The number of hydrogen-bond donors (Lipinski definition) is 2. The van der Waals surface area contributed by atoms with Crippen LogP contribution in [0.4, 0.5) is 4.39 Å². The SMILES string of the molecule is CC(C)NC(=O)C(C)NS(=O)(=O)c1cccc(F)c1. The lowest BCUT2D eigenvalue weighted by Crippen LogP contribution is -2.46. The summed E-state index contributed by atoms with van der Waals surface area (Å²) in [5.74, 6) is -1.09. The van der Waals surface area contributed by atoms with Crippen LogP contribution in [-0.4, -0.2) is 26.4 Å². The van der Waals surface area contributed by atoms with Gasteiger partial charge in [-0.2, -0.15) is 4.72 Å². The monoisotopic (exact) mass is 288 g/mol. The highest BCUT2D eigenvalue weighted by atomic mass is 32.2. The zero-order valence-electron chi connectivity index (χ0n) is 11.0. The first-order valence-corrected chi connectivity index (χ1v) is 7.29. The van der Waals surface area contributed by atoms with Crippen molar-refractivity contribution in [1.82, 2.24) is 10.0 Å². The first kappa shape index (κ1) is 15.6. The van der Waals surface area contributed by atoms with Crippen LogP contribution in [0.3, 0.4) is 0 Å². The van der Waals surface area contributed by atoms with Crippen LogP contribution >= 0.6 is 0 Å². The quantitative estimate of drug-likeness (QED) is 0.849. The fourth-order valence-corrected chi connectivity index (χ4v) is 2.63. The van der Waals surface area contributed by atoms with Gasteiger partial charge < -0.3 is 5.32 Å². The molecular formula is C12H17FN2O3S. The third-order valence-electron chi connectivity index (χ3n) is 2.26. The number of benzene rings is 1. The minimum atomic E-state index is -3.91. The molecule has 0 saturated carbocycles. The van der Waals surface area contributed by atoms with Crippen LogP contribution in [0.15, 0.2) is 29.2 Å². The molecule has 1 aromatic carbocycles. The molecule has 0 aliphatic rings. The molecular weight excluding hydrogens is 271 g/mol. The maximum Gasteiger partial charge on any atom is 0.241 e. The zero-order chi connectivity index (χ0) is 14.6. The summed E-state index contributed by atoms with van der Waals surface area (Å²) in [6, 6.07) is 3.58. The van der Waals surface area contributed by atoms with Crippen LogP contribution in [-0.2, 0) is 14.8 Å². The zero-order valence-corrected chi connectivity index (χ0v) is 11.8. The largest absolute Gasteiger partial charge is 0.353 e. The number of halogens is 1. The number of carbonyl (C=O) groups excluding carboxylic acids is 1. The molecule has 1 atom stereocenters. The van der Waals surface area contributed by atoms with Crippen molar-refractivity contribution in [3.8, 4) is 0 Å². The van der Waals surface area contributed by atoms with E-state index in [0.29, 0.717) is 0 Å². The Morgan fingerprint density at radius 1 is 1.26 bits per heavy atom. The van der Waals surface area contributed by atoms with Crippen LogP contribution in [0.2, 0.25) is 0 Å². The van der Waals surface area contributed by atoms with Gasteiger partial charge in [-0.05, 0) is 39.0 Å². The molecule has 1 aromatic rings. The van der Waals surface area contributed by atoms with Crippen LogP contribution < -0.4 is 10.0 Å². The van der Waals surface area contributed by atoms with E-state index in [-0.39, 0.29) is 10.9 Å². The predicted molar refractivity (Wildman–Crippen MR) is 69.5 cm³/mol. The molecule has 1 amide bonds. The van der Waals surface area contributed by atoms with Crippen LogP contribution in [0.5, 0.6) is 0 Å². The maximum absolute atomic E-state index is 13.0. The van der Waals surface area contributed by atoms with E-state index in [2.05, 4.69) is 10.0 Å². The van der Waals surface area contributed by atoms with Gasteiger partial charge in [0.15, 0.2) is 0 Å². The van der Waals surface area contributed by atoms with Gasteiger partial charge in [0, 0.05) is 6.04 Å². The lowest BCUT2D eigenvalue weighted by atomic mass is 10.3. The lowest BCUT2D eigenvalue weighted by Gasteiger charge is -2.16. The fraction of sp³-hybridized carbons (Fsp3) is 0.417. The molecule has 0 heterocycles. The van der Waals surface area contributed by atoms with Gasteiger partial charge in [-0.1, -0.05) is 6.07 Å². The minimum absolute atomic E-state index is 0.0892. The molecule has 0 aliphatic carbocycles. The highest BCUT2D eigenvalue weighted by Crippen LogP contribution is 2.10. The Labute approximate surface area is 112 Å². The number of rotatable bonds is 5.